The number of rotatable bonds is 6. The van der Waals surface area contributed by atoms with Gasteiger partial charge in [-0.2, -0.15) is 0 Å². The molecule has 0 aliphatic rings. The normalized spacial score (nSPS) is 15.5. The van der Waals surface area contributed by atoms with Crippen LogP contribution >= 0.6 is 0 Å². The van der Waals surface area contributed by atoms with Gasteiger partial charge in [0.25, 0.3) is 0 Å². The molecule has 0 aliphatic heterocycles. The maximum atomic E-state index is 3.69. The van der Waals surface area contributed by atoms with Gasteiger partial charge in [-0.1, -0.05) is 12.2 Å². The summed E-state index contributed by atoms with van der Waals surface area (Å²) in [6, 6.07) is 1.06. The minimum absolute atomic E-state index is 0.530. The van der Waals surface area contributed by atoms with Crippen molar-refractivity contribution in [2.45, 2.75) is 38.8 Å². The van der Waals surface area contributed by atoms with Crippen LogP contribution < -0.4 is 5.32 Å². The van der Waals surface area contributed by atoms with E-state index in [2.05, 4.69) is 32.3 Å². The van der Waals surface area contributed by atoms with Crippen LogP contribution in [0.1, 0.15) is 26.7 Å². The van der Waals surface area contributed by atoms with Gasteiger partial charge in [-0.3, -0.25) is 0 Å². The minimum atomic E-state index is 0.530. The number of hydrogen-bond acceptors (Lipinski definition) is 1. The predicted molar refractivity (Wildman–Crippen MR) is 51.7 cm³/mol. The molecule has 0 aliphatic carbocycles. The lowest BCUT2D eigenvalue weighted by Crippen LogP contribution is -2.33. The van der Waals surface area contributed by atoms with Crippen LogP contribution in [0.2, 0.25) is 0 Å². The van der Waals surface area contributed by atoms with Crippen molar-refractivity contribution in [2.75, 3.05) is 0 Å². The zero-order valence-corrected chi connectivity index (χ0v) is 7.64. The molecule has 0 radical (unpaired) electrons. The molecule has 0 saturated heterocycles. The molecule has 64 valence electrons. The van der Waals surface area contributed by atoms with Gasteiger partial charge in [0.1, 0.15) is 0 Å². The molecule has 1 nitrogen and oxygen atoms in total. The van der Waals surface area contributed by atoms with Crippen molar-refractivity contribution < 1.29 is 0 Å². The SMILES string of the molecule is C=CCC(C)NC(C)CC=C. The molecule has 0 saturated carbocycles. The van der Waals surface area contributed by atoms with Crippen LogP contribution in [0.25, 0.3) is 0 Å². The Balaban J connectivity index is 3.46. The predicted octanol–water partition coefficient (Wildman–Crippen LogP) is 2.51. The summed E-state index contributed by atoms with van der Waals surface area (Å²) in [4.78, 5) is 0. The highest BCUT2D eigenvalue weighted by atomic mass is 14.9. The molecule has 2 atom stereocenters. The molecular formula is C10H19N. The molecule has 0 rings (SSSR count). The molecule has 11 heavy (non-hydrogen) atoms. The van der Waals surface area contributed by atoms with Crippen molar-refractivity contribution in [1.29, 1.82) is 0 Å². The topological polar surface area (TPSA) is 12.0 Å². The number of nitrogens with one attached hydrogen (secondary N) is 1. The zero-order valence-electron chi connectivity index (χ0n) is 7.64. The van der Waals surface area contributed by atoms with Gasteiger partial charge < -0.3 is 5.32 Å². The van der Waals surface area contributed by atoms with Gasteiger partial charge >= 0.3 is 0 Å². The summed E-state index contributed by atoms with van der Waals surface area (Å²) in [5.74, 6) is 0. The average Bonchev–Trinajstić information content (AvgIpc) is 1.87. The molecule has 0 amide bonds. The van der Waals surface area contributed by atoms with Gasteiger partial charge in [-0.15, -0.1) is 13.2 Å². The molecular weight excluding hydrogens is 134 g/mol. The smallest absolute Gasteiger partial charge is 0.00757 e. The first-order chi connectivity index (χ1) is 5.20. The largest absolute Gasteiger partial charge is 0.311 e. The standard InChI is InChI=1S/C10H19N/c1-5-7-9(3)11-10(4)8-6-2/h5-6,9-11H,1-2,7-8H2,3-4H3. The van der Waals surface area contributed by atoms with E-state index in [1.807, 2.05) is 12.2 Å². The van der Waals surface area contributed by atoms with Crippen LogP contribution in [0.3, 0.4) is 0 Å². The first-order valence-corrected chi connectivity index (χ1v) is 4.18. The zero-order chi connectivity index (χ0) is 8.69. The van der Waals surface area contributed by atoms with Crippen LogP contribution in [0.4, 0.5) is 0 Å². The Labute approximate surface area is 70.2 Å². The summed E-state index contributed by atoms with van der Waals surface area (Å²) in [5, 5.41) is 3.44. The van der Waals surface area contributed by atoms with Gasteiger partial charge in [-0.25, -0.2) is 0 Å². The second-order valence-corrected chi connectivity index (χ2v) is 3.02. The second-order valence-electron chi connectivity index (χ2n) is 3.02. The highest BCUT2D eigenvalue weighted by Crippen LogP contribution is 1.96. The van der Waals surface area contributed by atoms with E-state index < -0.39 is 0 Å². The lowest BCUT2D eigenvalue weighted by molar-refractivity contribution is 0.472. The van der Waals surface area contributed by atoms with Gasteiger partial charge in [-0.05, 0) is 26.7 Å². The van der Waals surface area contributed by atoms with Gasteiger partial charge in [0.05, 0.1) is 0 Å². The molecule has 1 N–H and O–H groups in total. The van der Waals surface area contributed by atoms with Crippen molar-refractivity contribution in [3.63, 3.8) is 0 Å². The van der Waals surface area contributed by atoms with E-state index in [0.29, 0.717) is 12.1 Å². The van der Waals surface area contributed by atoms with Crippen molar-refractivity contribution in [2.24, 2.45) is 0 Å². The Morgan fingerprint density at radius 3 is 1.73 bits per heavy atom. The molecule has 0 aromatic heterocycles. The lowest BCUT2D eigenvalue weighted by atomic mass is 10.1. The lowest BCUT2D eigenvalue weighted by Gasteiger charge is -2.17. The molecule has 0 aromatic carbocycles. The Morgan fingerprint density at radius 2 is 1.45 bits per heavy atom. The van der Waals surface area contributed by atoms with Gasteiger partial charge in [0.15, 0.2) is 0 Å². The maximum absolute atomic E-state index is 3.69. The fourth-order valence-electron chi connectivity index (χ4n) is 1.12. The van der Waals surface area contributed by atoms with E-state index in [1.165, 1.54) is 0 Å². The van der Waals surface area contributed by atoms with Gasteiger partial charge in [0, 0.05) is 12.1 Å². The van der Waals surface area contributed by atoms with Crippen LogP contribution in [-0.4, -0.2) is 12.1 Å². The second kappa shape index (κ2) is 6.17. The summed E-state index contributed by atoms with van der Waals surface area (Å²) >= 11 is 0. The van der Waals surface area contributed by atoms with E-state index in [4.69, 9.17) is 0 Å². The highest BCUT2D eigenvalue weighted by Gasteiger charge is 2.02. The summed E-state index contributed by atoms with van der Waals surface area (Å²) in [5.41, 5.74) is 0. The molecule has 0 fully saturated rings. The quantitative estimate of drug-likeness (QED) is 0.578. The molecule has 2 unspecified atom stereocenters. The van der Waals surface area contributed by atoms with Crippen LogP contribution in [-0.2, 0) is 0 Å². The summed E-state index contributed by atoms with van der Waals surface area (Å²) < 4.78 is 0. The fraction of sp³-hybridized carbons (Fsp3) is 0.600. The minimum Gasteiger partial charge on any atom is -0.311 e. The Kier molecular flexibility index (Phi) is 5.86. The van der Waals surface area contributed by atoms with Crippen LogP contribution in [0, 0.1) is 0 Å². The molecule has 0 spiro atoms. The summed E-state index contributed by atoms with van der Waals surface area (Å²) in [6.45, 7) is 11.7. The molecule has 0 aromatic rings. The van der Waals surface area contributed by atoms with Crippen molar-refractivity contribution in [3.8, 4) is 0 Å². The first kappa shape index (κ1) is 10.4. The van der Waals surface area contributed by atoms with E-state index in [0.717, 1.165) is 12.8 Å². The Bertz CT molecular complexity index is 104. The third-order valence-corrected chi connectivity index (χ3v) is 1.61. The van der Waals surface area contributed by atoms with E-state index in [-0.39, 0.29) is 0 Å². The monoisotopic (exact) mass is 153 g/mol. The van der Waals surface area contributed by atoms with Crippen LogP contribution in [0.15, 0.2) is 25.3 Å². The first-order valence-electron chi connectivity index (χ1n) is 4.18. The molecule has 1 heteroatoms. The van der Waals surface area contributed by atoms with E-state index in [9.17, 15) is 0 Å². The van der Waals surface area contributed by atoms with Crippen molar-refractivity contribution >= 4 is 0 Å². The van der Waals surface area contributed by atoms with Crippen molar-refractivity contribution in [3.05, 3.63) is 25.3 Å². The Hall–Kier alpha value is -0.560. The van der Waals surface area contributed by atoms with Gasteiger partial charge in [0.2, 0.25) is 0 Å². The third kappa shape index (κ3) is 5.86. The summed E-state index contributed by atoms with van der Waals surface area (Å²) in [6.07, 6.45) is 5.94. The molecule has 0 bridgehead atoms. The fourth-order valence-corrected chi connectivity index (χ4v) is 1.12. The van der Waals surface area contributed by atoms with Crippen molar-refractivity contribution in [1.82, 2.24) is 5.32 Å². The van der Waals surface area contributed by atoms with E-state index >= 15 is 0 Å². The average molecular weight is 153 g/mol. The highest BCUT2D eigenvalue weighted by molar-refractivity contribution is 4.80. The van der Waals surface area contributed by atoms with E-state index in [1.54, 1.807) is 0 Å². The maximum Gasteiger partial charge on any atom is 0.00757 e. The summed E-state index contributed by atoms with van der Waals surface area (Å²) in [7, 11) is 0. The van der Waals surface area contributed by atoms with Crippen LogP contribution in [0.5, 0.6) is 0 Å². The number of hydrogen-bond donors (Lipinski definition) is 1. The third-order valence-electron chi connectivity index (χ3n) is 1.61. The molecule has 0 heterocycles. The Morgan fingerprint density at radius 1 is 1.09 bits per heavy atom.